The highest BCUT2D eigenvalue weighted by Gasteiger charge is 2.13. The fourth-order valence-electron chi connectivity index (χ4n) is 1.80. The Morgan fingerprint density at radius 3 is 2.43 bits per heavy atom. The van der Waals surface area contributed by atoms with Crippen LogP contribution in [0.1, 0.15) is 39.7 Å². The van der Waals surface area contributed by atoms with Crippen LogP contribution in [0.25, 0.3) is 0 Å². The minimum Gasteiger partial charge on any atom is -0.484 e. The van der Waals surface area contributed by atoms with Gasteiger partial charge in [0.15, 0.2) is 6.61 Å². The van der Waals surface area contributed by atoms with E-state index in [2.05, 4.69) is 26.1 Å². The number of benzene rings is 1. The molecule has 1 amide bonds. The van der Waals surface area contributed by atoms with Crippen molar-refractivity contribution in [3.63, 3.8) is 0 Å². The second-order valence-electron chi connectivity index (χ2n) is 5.96. The maximum Gasteiger partial charge on any atom is 0.257 e. The van der Waals surface area contributed by atoms with Crippen LogP contribution in [-0.2, 0) is 14.9 Å². The lowest BCUT2D eigenvalue weighted by Crippen LogP contribution is -2.30. The minimum absolute atomic E-state index is 0.0451. The van der Waals surface area contributed by atoms with E-state index >= 15 is 0 Å². The molecule has 0 saturated carbocycles. The Balaban J connectivity index is 2.27. The van der Waals surface area contributed by atoms with Gasteiger partial charge in [-0.15, -0.1) is 0 Å². The van der Waals surface area contributed by atoms with Crippen LogP contribution in [0.15, 0.2) is 24.3 Å². The first-order chi connectivity index (χ1) is 9.93. The summed E-state index contributed by atoms with van der Waals surface area (Å²) in [6.07, 6.45) is 0.819. The van der Waals surface area contributed by atoms with Gasteiger partial charge in [0.25, 0.3) is 5.91 Å². The van der Waals surface area contributed by atoms with Gasteiger partial charge in [0.2, 0.25) is 0 Å². The number of hydrogen-bond acceptors (Lipinski definition) is 3. The second-order valence-corrected chi connectivity index (χ2v) is 5.96. The Kier molecular flexibility index (Phi) is 7.23. The molecule has 0 aromatic heterocycles. The molecule has 4 nitrogen and oxygen atoms in total. The average Bonchev–Trinajstić information content (AvgIpc) is 2.44. The SMILES string of the molecule is CCOCCCNC(=O)COc1ccc(C(C)(C)C)cc1. The van der Waals surface area contributed by atoms with Gasteiger partial charge in [-0.1, -0.05) is 32.9 Å². The molecule has 0 fully saturated rings. The van der Waals surface area contributed by atoms with Crippen LogP contribution in [0.5, 0.6) is 5.75 Å². The predicted molar refractivity (Wildman–Crippen MR) is 84.8 cm³/mol. The minimum atomic E-state index is -0.105. The maximum absolute atomic E-state index is 11.6. The van der Waals surface area contributed by atoms with Crippen LogP contribution in [-0.4, -0.2) is 32.3 Å². The number of ether oxygens (including phenoxy) is 2. The van der Waals surface area contributed by atoms with E-state index in [1.165, 1.54) is 5.56 Å². The summed E-state index contributed by atoms with van der Waals surface area (Å²) in [7, 11) is 0. The summed E-state index contributed by atoms with van der Waals surface area (Å²) in [5.41, 5.74) is 1.37. The monoisotopic (exact) mass is 293 g/mol. The fraction of sp³-hybridized carbons (Fsp3) is 0.588. The predicted octanol–water partition coefficient (Wildman–Crippen LogP) is 2.91. The van der Waals surface area contributed by atoms with Gasteiger partial charge in [0.05, 0.1) is 0 Å². The molecular weight excluding hydrogens is 266 g/mol. The van der Waals surface area contributed by atoms with Crippen LogP contribution in [0.4, 0.5) is 0 Å². The molecule has 4 heteroatoms. The van der Waals surface area contributed by atoms with Gasteiger partial charge in [-0.25, -0.2) is 0 Å². The van der Waals surface area contributed by atoms with Crippen LogP contribution >= 0.6 is 0 Å². The van der Waals surface area contributed by atoms with Gasteiger partial charge in [0, 0.05) is 19.8 Å². The summed E-state index contributed by atoms with van der Waals surface area (Å²) in [4.78, 5) is 11.6. The van der Waals surface area contributed by atoms with E-state index in [4.69, 9.17) is 9.47 Å². The molecule has 0 unspecified atom stereocenters. The molecule has 0 bridgehead atoms. The highest BCUT2D eigenvalue weighted by atomic mass is 16.5. The number of carbonyl (C=O) groups is 1. The van der Waals surface area contributed by atoms with Gasteiger partial charge in [-0.2, -0.15) is 0 Å². The van der Waals surface area contributed by atoms with Crippen molar-refractivity contribution in [1.29, 1.82) is 0 Å². The van der Waals surface area contributed by atoms with Gasteiger partial charge in [0.1, 0.15) is 5.75 Å². The third-order valence-electron chi connectivity index (χ3n) is 3.08. The summed E-state index contributed by atoms with van der Waals surface area (Å²) >= 11 is 0. The molecule has 1 aromatic rings. The Hall–Kier alpha value is -1.55. The zero-order valence-corrected chi connectivity index (χ0v) is 13.6. The highest BCUT2D eigenvalue weighted by Crippen LogP contribution is 2.24. The standard InChI is InChI=1S/C17H27NO3/c1-5-20-12-6-11-18-16(19)13-21-15-9-7-14(8-10-15)17(2,3)4/h7-10H,5-6,11-13H2,1-4H3,(H,18,19). The highest BCUT2D eigenvalue weighted by molar-refractivity contribution is 5.77. The first-order valence-corrected chi connectivity index (χ1v) is 7.51. The van der Waals surface area contributed by atoms with Crippen molar-refractivity contribution in [2.75, 3.05) is 26.4 Å². The molecule has 0 radical (unpaired) electrons. The Morgan fingerprint density at radius 1 is 1.19 bits per heavy atom. The molecule has 0 atom stereocenters. The van der Waals surface area contributed by atoms with Gasteiger partial charge in [-0.3, -0.25) is 4.79 Å². The Bertz CT molecular complexity index is 421. The Labute approximate surface area is 127 Å². The third kappa shape index (κ3) is 7.14. The summed E-state index contributed by atoms with van der Waals surface area (Å²) in [5.74, 6) is 0.610. The van der Waals surface area contributed by atoms with E-state index in [1.807, 2.05) is 31.2 Å². The number of nitrogens with one attached hydrogen (secondary N) is 1. The second kappa shape index (κ2) is 8.67. The zero-order valence-electron chi connectivity index (χ0n) is 13.6. The van der Waals surface area contributed by atoms with Crippen LogP contribution in [0.2, 0.25) is 0 Å². The third-order valence-corrected chi connectivity index (χ3v) is 3.08. The number of hydrogen-bond donors (Lipinski definition) is 1. The quantitative estimate of drug-likeness (QED) is 0.750. The van der Waals surface area contributed by atoms with E-state index in [0.29, 0.717) is 25.5 Å². The molecule has 1 rings (SSSR count). The lowest BCUT2D eigenvalue weighted by atomic mass is 9.87. The lowest BCUT2D eigenvalue weighted by molar-refractivity contribution is -0.123. The first kappa shape index (κ1) is 17.5. The summed E-state index contributed by atoms with van der Waals surface area (Å²) < 4.78 is 10.7. The van der Waals surface area contributed by atoms with Crippen molar-refractivity contribution in [2.45, 2.75) is 39.5 Å². The molecule has 0 saturated heterocycles. The van der Waals surface area contributed by atoms with Gasteiger partial charge in [-0.05, 0) is 36.5 Å². The average molecular weight is 293 g/mol. The molecular formula is C17H27NO3. The van der Waals surface area contributed by atoms with Crippen molar-refractivity contribution >= 4 is 5.91 Å². The topological polar surface area (TPSA) is 47.6 Å². The van der Waals surface area contributed by atoms with E-state index in [9.17, 15) is 4.79 Å². The molecule has 0 heterocycles. The van der Waals surface area contributed by atoms with E-state index < -0.39 is 0 Å². The lowest BCUT2D eigenvalue weighted by Gasteiger charge is -2.19. The first-order valence-electron chi connectivity index (χ1n) is 7.51. The summed E-state index contributed by atoms with van der Waals surface area (Å²) in [6, 6.07) is 7.89. The molecule has 0 aliphatic rings. The largest absolute Gasteiger partial charge is 0.484 e. The van der Waals surface area contributed by atoms with Crippen LogP contribution < -0.4 is 10.1 Å². The van der Waals surface area contributed by atoms with Gasteiger partial charge >= 0.3 is 0 Å². The molecule has 0 aliphatic carbocycles. The molecule has 1 N–H and O–H groups in total. The molecule has 21 heavy (non-hydrogen) atoms. The number of carbonyl (C=O) groups excluding carboxylic acids is 1. The van der Waals surface area contributed by atoms with Crippen molar-refractivity contribution in [2.24, 2.45) is 0 Å². The summed E-state index contributed by atoms with van der Waals surface area (Å²) in [6.45, 7) is 10.5. The van der Waals surface area contributed by atoms with Crippen molar-refractivity contribution in [3.05, 3.63) is 29.8 Å². The van der Waals surface area contributed by atoms with Crippen LogP contribution in [0.3, 0.4) is 0 Å². The van der Waals surface area contributed by atoms with Crippen molar-refractivity contribution in [3.8, 4) is 5.75 Å². The fourth-order valence-corrected chi connectivity index (χ4v) is 1.80. The van der Waals surface area contributed by atoms with E-state index in [-0.39, 0.29) is 17.9 Å². The molecule has 1 aromatic carbocycles. The smallest absolute Gasteiger partial charge is 0.257 e. The summed E-state index contributed by atoms with van der Waals surface area (Å²) in [5, 5.41) is 2.80. The number of rotatable bonds is 8. The zero-order chi connectivity index (χ0) is 15.7. The van der Waals surface area contributed by atoms with Crippen molar-refractivity contribution in [1.82, 2.24) is 5.32 Å². The van der Waals surface area contributed by atoms with Gasteiger partial charge < -0.3 is 14.8 Å². The van der Waals surface area contributed by atoms with E-state index in [1.54, 1.807) is 0 Å². The van der Waals surface area contributed by atoms with E-state index in [0.717, 1.165) is 6.42 Å². The number of amides is 1. The van der Waals surface area contributed by atoms with Crippen LogP contribution in [0, 0.1) is 0 Å². The molecule has 0 spiro atoms. The van der Waals surface area contributed by atoms with Crippen molar-refractivity contribution < 1.29 is 14.3 Å². The molecule has 118 valence electrons. The Morgan fingerprint density at radius 2 is 1.86 bits per heavy atom. The normalized spacial score (nSPS) is 11.2. The maximum atomic E-state index is 11.6. The molecule has 0 aliphatic heterocycles.